The van der Waals surface area contributed by atoms with Gasteiger partial charge in [-0.25, -0.2) is 16.8 Å². The van der Waals surface area contributed by atoms with Crippen molar-refractivity contribution in [2.75, 3.05) is 6.54 Å². The number of sulfonamides is 2. The first-order chi connectivity index (χ1) is 12.6. The molecule has 0 amide bonds. The van der Waals surface area contributed by atoms with Crippen molar-refractivity contribution < 1.29 is 16.8 Å². The largest absolute Gasteiger partial charge is 0.219 e. The van der Waals surface area contributed by atoms with Gasteiger partial charge in [0.1, 0.15) is 0 Å². The molecule has 1 fully saturated rings. The highest BCUT2D eigenvalue weighted by Gasteiger charge is 2.51. The van der Waals surface area contributed by atoms with Gasteiger partial charge in [-0.1, -0.05) is 6.92 Å². The minimum absolute atomic E-state index is 0.0238. The Kier molecular flexibility index (Phi) is 7.47. The van der Waals surface area contributed by atoms with Crippen LogP contribution in [0.5, 0.6) is 0 Å². The van der Waals surface area contributed by atoms with E-state index in [2.05, 4.69) is 0 Å². The summed E-state index contributed by atoms with van der Waals surface area (Å²) in [5.41, 5.74) is -1.16. The van der Waals surface area contributed by atoms with E-state index in [4.69, 9.17) is 0 Å². The van der Waals surface area contributed by atoms with Crippen LogP contribution in [0.15, 0.2) is 0 Å². The van der Waals surface area contributed by atoms with Gasteiger partial charge in [0, 0.05) is 23.7 Å². The quantitative estimate of drug-likeness (QED) is 0.521. The van der Waals surface area contributed by atoms with Crippen LogP contribution in [0.2, 0.25) is 0 Å². The fraction of sp³-hybridized carbons (Fsp3) is 1.00. The zero-order valence-corrected chi connectivity index (χ0v) is 22.1. The first-order valence-corrected chi connectivity index (χ1v) is 13.6. The standard InChI is InChI=1S/C21H44N2O4S2/c1-12-22(18(2,3)4)29(26,27)21(10,11)16-15-20(8,9)23(17-13-14-17)28(24,25)19(5,6)7/h17H,12-16H2,1-11H3. The van der Waals surface area contributed by atoms with Gasteiger partial charge in [-0.2, -0.15) is 8.61 Å². The second-order valence-electron chi connectivity index (χ2n) is 11.6. The van der Waals surface area contributed by atoms with Crippen LogP contribution in [0.4, 0.5) is 0 Å². The van der Waals surface area contributed by atoms with Crippen LogP contribution in [0, 0.1) is 0 Å². The molecule has 29 heavy (non-hydrogen) atoms. The zero-order chi connectivity index (χ0) is 23.3. The Morgan fingerprint density at radius 3 is 1.52 bits per heavy atom. The third kappa shape index (κ3) is 5.55. The van der Waals surface area contributed by atoms with E-state index in [1.165, 1.54) is 0 Å². The predicted molar refractivity (Wildman–Crippen MR) is 122 cm³/mol. The summed E-state index contributed by atoms with van der Waals surface area (Å²) in [4.78, 5) is 0. The van der Waals surface area contributed by atoms with Gasteiger partial charge in [0.05, 0.1) is 9.49 Å². The maximum absolute atomic E-state index is 13.4. The number of hydrogen-bond donors (Lipinski definition) is 0. The maximum Gasteiger partial charge on any atom is 0.219 e. The van der Waals surface area contributed by atoms with Crippen molar-refractivity contribution >= 4 is 20.0 Å². The van der Waals surface area contributed by atoms with Crippen LogP contribution in [-0.2, 0) is 20.0 Å². The first kappa shape index (κ1) is 26.9. The maximum atomic E-state index is 13.4. The second kappa shape index (κ2) is 8.06. The Morgan fingerprint density at radius 1 is 0.759 bits per heavy atom. The predicted octanol–water partition coefficient (Wildman–Crippen LogP) is 4.37. The van der Waals surface area contributed by atoms with Gasteiger partial charge in [0.15, 0.2) is 0 Å². The molecular weight excluding hydrogens is 408 g/mol. The van der Waals surface area contributed by atoms with Crippen molar-refractivity contribution in [3.8, 4) is 0 Å². The number of nitrogens with zero attached hydrogens (tertiary/aromatic N) is 2. The third-order valence-corrected chi connectivity index (χ3v) is 11.7. The fourth-order valence-corrected chi connectivity index (χ4v) is 7.72. The fourth-order valence-electron chi connectivity index (χ4n) is 3.77. The third-order valence-electron chi connectivity index (χ3n) is 5.87. The van der Waals surface area contributed by atoms with E-state index in [0.29, 0.717) is 19.4 Å². The van der Waals surface area contributed by atoms with Crippen LogP contribution < -0.4 is 0 Å². The van der Waals surface area contributed by atoms with Gasteiger partial charge in [0.2, 0.25) is 20.0 Å². The molecule has 1 saturated carbocycles. The molecule has 0 saturated heterocycles. The van der Waals surface area contributed by atoms with E-state index >= 15 is 0 Å². The molecule has 1 aliphatic rings. The molecule has 174 valence electrons. The number of hydrogen-bond acceptors (Lipinski definition) is 4. The minimum atomic E-state index is -3.56. The van der Waals surface area contributed by atoms with E-state index in [-0.39, 0.29) is 6.04 Å². The van der Waals surface area contributed by atoms with Crippen LogP contribution in [0.3, 0.4) is 0 Å². The summed E-state index contributed by atoms with van der Waals surface area (Å²) in [6, 6.07) is 0.0238. The van der Waals surface area contributed by atoms with Crippen LogP contribution in [0.25, 0.3) is 0 Å². The van der Waals surface area contributed by atoms with Crippen molar-refractivity contribution in [1.29, 1.82) is 0 Å². The topological polar surface area (TPSA) is 74.8 Å². The molecule has 0 aromatic carbocycles. The lowest BCUT2D eigenvalue weighted by Gasteiger charge is -2.44. The molecule has 6 nitrogen and oxygen atoms in total. The zero-order valence-electron chi connectivity index (χ0n) is 20.5. The normalized spacial score (nSPS) is 18.0. The van der Waals surface area contributed by atoms with E-state index in [9.17, 15) is 16.8 Å². The molecule has 0 N–H and O–H groups in total. The molecule has 1 rings (SSSR count). The molecule has 0 aromatic heterocycles. The monoisotopic (exact) mass is 452 g/mol. The van der Waals surface area contributed by atoms with Crippen molar-refractivity contribution in [3.05, 3.63) is 0 Å². The SMILES string of the molecule is CCN(C(C)(C)C)S(=O)(=O)C(C)(C)CCC(C)(C)N(C1CC1)S(=O)(=O)C(C)(C)C. The molecule has 0 spiro atoms. The van der Waals surface area contributed by atoms with Gasteiger partial charge in [0.25, 0.3) is 0 Å². The Hall–Kier alpha value is -0.180. The van der Waals surface area contributed by atoms with E-state index < -0.39 is 40.6 Å². The molecule has 0 bridgehead atoms. The summed E-state index contributed by atoms with van der Waals surface area (Å²) in [7, 11) is -7.07. The summed E-state index contributed by atoms with van der Waals surface area (Å²) in [6.07, 6.45) is 2.60. The summed E-state index contributed by atoms with van der Waals surface area (Å²) in [5, 5.41) is 0. The Bertz CT molecular complexity index is 782. The highest BCUT2D eigenvalue weighted by atomic mass is 32.2. The highest BCUT2D eigenvalue weighted by Crippen LogP contribution is 2.42. The van der Waals surface area contributed by atoms with E-state index in [1.807, 2.05) is 41.5 Å². The lowest BCUT2D eigenvalue weighted by atomic mass is 9.93. The van der Waals surface area contributed by atoms with Crippen molar-refractivity contribution in [2.24, 2.45) is 0 Å². The van der Waals surface area contributed by atoms with Crippen molar-refractivity contribution in [2.45, 2.75) is 128 Å². The molecule has 0 atom stereocenters. The first-order valence-electron chi connectivity index (χ1n) is 10.7. The molecule has 1 aliphatic carbocycles. The van der Waals surface area contributed by atoms with Gasteiger partial charge < -0.3 is 0 Å². The van der Waals surface area contributed by atoms with Crippen LogP contribution in [-0.4, -0.2) is 58.6 Å². The summed E-state index contributed by atoms with van der Waals surface area (Å²) < 4.78 is 54.7. The van der Waals surface area contributed by atoms with E-state index in [0.717, 1.165) is 12.8 Å². The van der Waals surface area contributed by atoms with Gasteiger partial charge in [-0.3, -0.25) is 0 Å². The molecule has 8 heteroatoms. The summed E-state index contributed by atoms with van der Waals surface area (Å²) >= 11 is 0. The molecule has 0 unspecified atom stereocenters. The average molecular weight is 453 g/mol. The lowest BCUT2D eigenvalue weighted by Crippen LogP contribution is -2.56. The van der Waals surface area contributed by atoms with Gasteiger partial charge >= 0.3 is 0 Å². The summed E-state index contributed by atoms with van der Waals surface area (Å²) in [5.74, 6) is 0. The number of rotatable bonds is 9. The summed E-state index contributed by atoms with van der Waals surface area (Å²) in [6.45, 7) is 20.5. The van der Waals surface area contributed by atoms with E-state index in [1.54, 1.807) is 43.2 Å². The van der Waals surface area contributed by atoms with Crippen LogP contribution in [0.1, 0.15) is 102 Å². The Morgan fingerprint density at radius 2 is 1.21 bits per heavy atom. The molecule has 0 aromatic rings. The van der Waals surface area contributed by atoms with Gasteiger partial charge in [-0.05, 0) is 94.9 Å². The van der Waals surface area contributed by atoms with Crippen molar-refractivity contribution in [3.63, 3.8) is 0 Å². The minimum Gasteiger partial charge on any atom is -0.212 e. The molecular formula is C21H44N2O4S2. The Balaban J connectivity index is 3.18. The smallest absolute Gasteiger partial charge is 0.212 e. The van der Waals surface area contributed by atoms with Crippen molar-refractivity contribution in [1.82, 2.24) is 8.61 Å². The second-order valence-corrected chi connectivity index (χ2v) is 16.6. The lowest BCUT2D eigenvalue weighted by molar-refractivity contribution is 0.189. The van der Waals surface area contributed by atoms with Crippen LogP contribution >= 0.6 is 0 Å². The highest BCUT2D eigenvalue weighted by molar-refractivity contribution is 7.90. The molecule has 0 aliphatic heterocycles. The molecule has 0 radical (unpaired) electrons. The van der Waals surface area contributed by atoms with Gasteiger partial charge in [-0.15, -0.1) is 0 Å². The average Bonchev–Trinajstić information content (AvgIpc) is 3.26. The molecule has 0 heterocycles. The Labute approximate surface area is 180 Å².